The minimum atomic E-state index is -0.350. The van der Waals surface area contributed by atoms with Crippen molar-refractivity contribution in [2.45, 2.75) is 13.8 Å². The molecule has 0 bridgehead atoms. The van der Waals surface area contributed by atoms with Crippen molar-refractivity contribution in [3.8, 4) is 0 Å². The summed E-state index contributed by atoms with van der Waals surface area (Å²) in [5, 5.41) is 7.91. The highest BCUT2D eigenvalue weighted by molar-refractivity contribution is 6.13. The van der Waals surface area contributed by atoms with Crippen LogP contribution in [0.25, 0.3) is 10.8 Å². The summed E-state index contributed by atoms with van der Waals surface area (Å²) >= 11 is 0. The Hall–Kier alpha value is -2.89. The summed E-state index contributed by atoms with van der Waals surface area (Å²) in [5.41, 5.74) is 7.98. The smallest absolute Gasteiger partial charge is 0.276 e. The molecular formula is C15H14N4O2. The van der Waals surface area contributed by atoms with Crippen LogP contribution >= 0.6 is 0 Å². The van der Waals surface area contributed by atoms with Crippen LogP contribution in [0.5, 0.6) is 0 Å². The number of hydrogen-bond donors (Lipinski definition) is 2. The maximum absolute atomic E-state index is 12.3. The number of rotatable bonds is 2. The van der Waals surface area contributed by atoms with Gasteiger partial charge in [-0.05, 0) is 25.5 Å². The van der Waals surface area contributed by atoms with Crippen LogP contribution in [0.1, 0.15) is 21.8 Å². The fourth-order valence-corrected chi connectivity index (χ4v) is 2.17. The first-order valence-corrected chi connectivity index (χ1v) is 6.44. The third-order valence-electron chi connectivity index (χ3n) is 3.29. The molecule has 1 amide bonds. The molecule has 6 heteroatoms. The number of hydrogen-bond acceptors (Lipinski definition) is 5. The van der Waals surface area contributed by atoms with E-state index in [9.17, 15) is 4.79 Å². The number of nitrogens with zero attached hydrogens (tertiary/aromatic N) is 2. The first-order chi connectivity index (χ1) is 10.1. The molecule has 0 radical (unpaired) electrons. The highest BCUT2D eigenvalue weighted by Crippen LogP contribution is 2.26. The average molecular weight is 282 g/mol. The van der Waals surface area contributed by atoms with Crippen LogP contribution in [-0.4, -0.2) is 16.0 Å². The average Bonchev–Trinajstić information content (AvgIpc) is 2.87. The van der Waals surface area contributed by atoms with E-state index in [-0.39, 0.29) is 5.91 Å². The minimum absolute atomic E-state index is 0.305. The lowest BCUT2D eigenvalue weighted by Crippen LogP contribution is -2.14. The van der Waals surface area contributed by atoms with Gasteiger partial charge >= 0.3 is 0 Å². The zero-order valence-electron chi connectivity index (χ0n) is 11.7. The molecular weight excluding hydrogens is 268 g/mol. The second kappa shape index (κ2) is 4.90. The van der Waals surface area contributed by atoms with E-state index < -0.39 is 0 Å². The van der Waals surface area contributed by atoms with Gasteiger partial charge in [0.05, 0.1) is 0 Å². The number of nitrogens with one attached hydrogen (secondary N) is 1. The van der Waals surface area contributed by atoms with Crippen molar-refractivity contribution in [2.24, 2.45) is 0 Å². The number of aryl methyl sites for hydroxylation is 2. The van der Waals surface area contributed by atoms with Crippen molar-refractivity contribution in [2.75, 3.05) is 11.1 Å². The van der Waals surface area contributed by atoms with E-state index in [0.717, 1.165) is 10.9 Å². The van der Waals surface area contributed by atoms with Gasteiger partial charge in [0.15, 0.2) is 5.82 Å². The molecule has 3 aromatic rings. The number of benzene rings is 1. The Morgan fingerprint density at radius 3 is 2.76 bits per heavy atom. The van der Waals surface area contributed by atoms with Gasteiger partial charge in [-0.25, -0.2) is 0 Å². The van der Waals surface area contributed by atoms with Crippen LogP contribution in [0.15, 0.2) is 35.0 Å². The molecule has 0 fully saturated rings. The molecule has 1 aromatic carbocycles. The summed E-state index contributed by atoms with van der Waals surface area (Å²) in [4.78, 5) is 16.5. The molecule has 0 aliphatic carbocycles. The molecule has 2 aromatic heterocycles. The third kappa shape index (κ3) is 2.31. The number of nitrogen functional groups attached to an aromatic ring is 1. The quantitative estimate of drug-likeness (QED) is 0.705. The van der Waals surface area contributed by atoms with E-state index in [1.54, 1.807) is 25.3 Å². The van der Waals surface area contributed by atoms with Crippen molar-refractivity contribution >= 4 is 28.2 Å². The molecule has 0 aliphatic heterocycles. The summed E-state index contributed by atoms with van der Waals surface area (Å²) in [7, 11) is 0. The normalized spacial score (nSPS) is 10.8. The first kappa shape index (κ1) is 13.1. The predicted octanol–water partition coefficient (Wildman–Crippen LogP) is 2.67. The monoisotopic (exact) mass is 282 g/mol. The van der Waals surface area contributed by atoms with Crippen LogP contribution in [0.2, 0.25) is 0 Å². The predicted molar refractivity (Wildman–Crippen MR) is 80.1 cm³/mol. The van der Waals surface area contributed by atoms with Gasteiger partial charge in [0, 0.05) is 28.7 Å². The molecule has 0 saturated carbocycles. The van der Waals surface area contributed by atoms with Gasteiger partial charge in [-0.15, -0.1) is 0 Å². The number of amides is 1. The Kier molecular flexibility index (Phi) is 3.06. The van der Waals surface area contributed by atoms with E-state index in [1.807, 2.05) is 19.1 Å². The molecule has 3 rings (SSSR count). The van der Waals surface area contributed by atoms with Crippen molar-refractivity contribution in [3.05, 3.63) is 47.5 Å². The van der Waals surface area contributed by atoms with E-state index in [1.165, 1.54) is 0 Å². The van der Waals surface area contributed by atoms with Crippen LogP contribution in [0.3, 0.4) is 0 Å². The Bertz CT molecular complexity index is 839. The summed E-state index contributed by atoms with van der Waals surface area (Å²) in [5.74, 6) is 0.629. The van der Waals surface area contributed by atoms with Crippen molar-refractivity contribution in [1.29, 1.82) is 0 Å². The van der Waals surface area contributed by atoms with Crippen LogP contribution in [-0.2, 0) is 0 Å². The molecule has 2 heterocycles. The van der Waals surface area contributed by atoms with Gasteiger partial charge in [0.25, 0.3) is 5.91 Å². The summed E-state index contributed by atoms with van der Waals surface area (Å²) in [6, 6.07) is 7.16. The lowest BCUT2D eigenvalue weighted by Gasteiger charge is -2.08. The summed E-state index contributed by atoms with van der Waals surface area (Å²) in [6.07, 6.45) is 1.57. The Balaban J connectivity index is 2.04. The van der Waals surface area contributed by atoms with Gasteiger partial charge in [0.1, 0.15) is 11.5 Å². The first-order valence-electron chi connectivity index (χ1n) is 6.44. The number of pyridine rings is 1. The van der Waals surface area contributed by atoms with E-state index in [2.05, 4.69) is 15.5 Å². The van der Waals surface area contributed by atoms with Crippen LogP contribution < -0.4 is 11.1 Å². The number of aromatic nitrogens is 2. The summed E-state index contributed by atoms with van der Waals surface area (Å²) < 4.78 is 4.92. The number of carbonyl (C=O) groups is 1. The lowest BCUT2D eigenvalue weighted by molar-refractivity contribution is 0.102. The molecule has 21 heavy (non-hydrogen) atoms. The standard InChI is InChI=1S/C15H14N4O2/c1-8-3-4-11-10(13(8)16)5-6-17-14(11)15(20)18-12-7-9(2)21-19-12/h3-7H,16H2,1-2H3,(H,18,19,20). The van der Waals surface area contributed by atoms with Gasteiger partial charge in [-0.2, -0.15) is 0 Å². The number of anilines is 2. The van der Waals surface area contributed by atoms with E-state index >= 15 is 0 Å². The van der Waals surface area contributed by atoms with Gasteiger partial charge in [0.2, 0.25) is 0 Å². The zero-order chi connectivity index (χ0) is 15.0. The van der Waals surface area contributed by atoms with Crippen LogP contribution in [0, 0.1) is 13.8 Å². The number of nitrogens with two attached hydrogens (primary N) is 1. The van der Waals surface area contributed by atoms with Crippen molar-refractivity contribution < 1.29 is 9.32 Å². The fraction of sp³-hybridized carbons (Fsp3) is 0.133. The molecule has 0 atom stereocenters. The number of fused-ring (bicyclic) bond motifs is 1. The summed E-state index contributed by atoms with van der Waals surface area (Å²) in [6.45, 7) is 3.68. The second-order valence-corrected chi connectivity index (χ2v) is 4.83. The molecule has 0 aliphatic rings. The van der Waals surface area contributed by atoms with E-state index in [4.69, 9.17) is 10.3 Å². The Morgan fingerprint density at radius 2 is 2.05 bits per heavy atom. The molecule has 3 N–H and O–H groups in total. The molecule has 6 nitrogen and oxygen atoms in total. The lowest BCUT2D eigenvalue weighted by atomic mass is 10.0. The topological polar surface area (TPSA) is 94.0 Å². The SMILES string of the molecule is Cc1cc(NC(=O)c2nccc3c(N)c(C)ccc23)no1. The van der Waals surface area contributed by atoms with Gasteiger partial charge in [-0.1, -0.05) is 17.3 Å². The highest BCUT2D eigenvalue weighted by Gasteiger charge is 2.15. The maximum atomic E-state index is 12.3. The Morgan fingerprint density at radius 1 is 1.24 bits per heavy atom. The van der Waals surface area contributed by atoms with E-state index in [0.29, 0.717) is 28.3 Å². The third-order valence-corrected chi connectivity index (χ3v) is 3.29. The fourth-order valence-electron chi connectivity index (χ4n) is 2.17. The van der Waals surface area contributed by atoms with Crippen LogP contribution in [0.4, 0.5) is 11.5 Å². The maximum Gasteiger partial charge on any atom is 0.276 e. The zero-order valence-corrected chi connectivity index (χ0v) is 11.7. The molecule has 0 spiro atoms. The van der Waals surface area contributed by atoms with Gasteiger partial charge < -0.3 is 15.6 Å². The minimum Gasteiger partial charge on any atom is -0.398 e. The van der Waals surface area contributed by atoms with Gasteiger partial charge in [-0.3, -0.25) is 9.78 Å². The molecule has 0 saturated heterocycles. The Labute approximate surface area is 121 Å². The van der Waals surface area contributed by atoms with Crippen molar-refractivity contribution in [3.63, 3.8) is 0 Å². The molecule has 0 unspecified atom stereocenters. The molecule has 106 valence electrons. The van der Waals surface area contributed by atoms with Crippen molar-refractivity contribution in [1.82, 2.24) is 10.1 Å². The number of carbonyl (C=O) groups excluding carboxylic acids is 1. The second-order valence-electron chi connectivity index (χ2n) is 4.83. The largest absolute Gasteiger partial charge is 0.398 e. The highest BCUT2D eigenvalue weighted by atomic mass is 16.5.